The van der Waals surface area contributed by atoms with Crippen molar-refractivity contribution in [3.8, 4) is 24.6 Å². The summed E-state index contributed by atoms with van der Waals surface area (Å²) >= 11 is 0. The first-order chi connectivity index (χ1) is 8.21. The van der Waals surface area contributed by atoms with Crippen molar-refractivity contribution in [2.24, 2.45) is 0 Å². The van der Waals surface area contributed by atoms with Crippen molar-refractivity contribution >= 4 is 18.7 Å². The topological polar surface area (TPSA) is 89.9 Å². The van der Waals surface area contributed by atoms with E-state index < -0.39 is 5.60 Å². The monoisotopic (exact) mass is 307 g/mol. The average Bonchev–Trinajstić information content (AvgIpc) is 2.17. The summed E-state index contributed by atoms with van der Waals surface area (Å²) in [7, 11) is 0. The quantitative estimate of drug-likeness (QED) is 0.580. The summed E-state index contributed by atoms with van der Waals surface area (Å²) < 4.78 is 7.69. The second-order valence-corrected chi connectivity index (χ2v) is 3.24. The minimum Gasteiger partial charge on any atom is -0.378 e. The van der Waals surface area contributed by atoms with Crippen LogP contribution in [0.2, 0.25) is 0 Å². The Hall–Kier alpha value is -1.73. The Labute approximate surface area is 124 Å². The summed E-state index contributed by atoms with van der Waals surface area (Å²) in [5.41, 5.74) is -1.09. The van der Waals surface area contributed by atoms with Crippen LogP contribution in [0.4, 0.5) is 0 Å². The van der Waals surface area contributed by atoms with Gasteiger partial charge in [0, 0.05) is 18.6 Å². The van der Waals surface area contributed by atoms with Crippen LogP contribution in [0, 0.1) is 24.6 Å². The van der Waals surface area contributed by atoms with Crippen LogP contribution in [-0.2, 0) is 42.4 Å². The van der Waals surface area contributed by atoms with Crippen LogP contribution < -0.4 is 0 Å². The van der Waals surface area contributed by atoms with Gasteiger partial charge in [-0.05, 0) is 33.6 Å². The molecule has 0 rings (SSSR count). The van der Waals surface area contributed by atoms with Gasteiger partial charge in [0.05, 0.1) is 0 Å². The van der Waals surface area contributed by atoms with Crippen LogP contribution in [0.5, 0.6) is 0 Å². The van der Waals surface area contributed by atoms with Crippen LogP contribution in [0.3, 0.4) is 0 Å². The third kappa shape index (κ3) is 84.2. The number of hydrogen-bond acceptors (Lipinski definition) is 6. The molecular weight excluding hydrogens is 291 g/mol. The Morgan fingerprint density at radius 3 is 1.74 bits per heavy atom. The Bertz CT molecular complexity index is 336. The normalized spacial score (nSPS) is 6.95. The third-order valence-electron chi connectivity index (χ3n) is 0.580. The van der Waals surface area contributed by atoms with Gasteiger partial charge in [0.15, 0.2) is 0 Å². The minimum atomic E-state index is -1.09. The van der Waals surface area contributed by atoms with Crippen molar-refractivity contribution < 1.29 is 47.5 Å². The molecule has 0 aliphatic heterocycles. The zero-order valence-corrected chi connectivity index (χ0v) is 12.6. The van der Waals surface area contributed by atoms with Crippen LogP contribution >= 0.6 is 0 Å². The molecule has 0 spiro atoms. The van der Waals surface area contributed by atoms with E-state index in [4.69, 9.17) is 9.90 Å². The van der Waals surface area contributed by atoms with Crippen molar-refractivity contribution in [2.75, 3.05) is 0 Å². The van der Waals surface area contributed by atoms with Gasteiger partial charge in [-0.25, -0.2) is 0 Å². The maximum atomic E-state index is 9.48. The molecule has 19 heavy (non-hydrogen) atoms. The van der Waals surface area contributed by atoms with E-state index >= 15 is 0 Å². The molecule has 0 bridgehead atoms. The number of ether oxygens (including phenoxy) is 2. The fourth-order valence-corrected chi connectivity index (χ4v) is 0.206. The van der Waals surface area contributed by atoms with Gasteiger partial charge in [-0.2, -0.15) is 0 Å². The number of Topliss-reactive ketones (excluding diaryl/α,β-unsaturated/α-hetero) is 1. The first-order valence-electron chi connectivity index (χ1n) is 4.57. The standard InChI is InChI=1S/C6H8O3.C3H2O2.C3H6O.V/c1-6(2,8)3-4-9-5-7;1-2-5-3-4;1-3(2)4;/h5,8H,1-2H3;1,3H;1-2H3;. The molecule has 0 saturated carbocycles. The van der Waals surface area contributed by atoms with E-state index in [2.05, 4.69) is 21.8 Å². The first-order valence-corrected chi connectivity index (χ1v) is 4.57. The molecular formula is C12H16O6V. The van der Waals surface area contributed by atoms with Gasteiger partial charge in [0.2, 0.25) is 0 Å². The van der Waals surface area contributed by atoms with E-state index in [1.807, 2.05) is 6.11 Å². The first kappa shape index (κ1) is 26.0. The predicted octanol–water partition coefficient (Wildman–Crippen LogP) is 0.234. The largest absolute Gasteiger partial charge is 0.378 e. The van der Waals surface area contributed by atoms with Crippen molar-refractivity contribution in [3.63, 3.8) is 0 Å². The number of rotatable bonds is 2. The van der Waals surface area contributed by atoms with Gasteiger partial charge in [-0.3, -0.25) is 9.59 Å². The van der Waals surface area contributed by atoms with E-state index in [0.717, 1.165) is 0 Å². The zero-order chi connectivity index (χ0) is 15.0. The molecule has 105 valence electrons. The second-order valence-electron chi connectivity index (χ2n) is 3.24. The van der Waals surface area contributed by atoms with Gasteiger partial charge >= 0.3 is 12.9 Å². The van der Waals surface area contributed by atoms with Crippen molar-refractivity contribution in [1.82, 2.24) is 0 Å². The Morgan fingerprint density at radius 1 is 1.21 bits per heavy atom. The Kier molecular flexibility index (Phi) is 25.5. The summed E-state index contributed by atoms with van der Waals surface area (Å²) in [4.78, 5) is 28.0. The maximum Gasteiger partial charge on any atom is 0.307 e. The minimum absolute atomic E-state index is 0. The third-order valence-corrected chi connectivity index (χ3v) is 0.580. The van der Waals surface area contributed by atoms with Crippen molar-refractivity contribution in [2.45, 2.75) is 33.3 Å². The summed E-state index contributed by atoms with van der Waals surface area (Å²) in [6.45, 7) is 6.45. The van der Waals surface area contributed by atoms with Gasteiger partial charge in [-0.15, -0.1) is 0 Å². The number of aliphatic hydroxyl groups is 1. The molecule has 0 fully saturated rings. The Balaban J connectivity index is -0.0000000964. The van der Waals surface area contributed by atoms with E-state index in [1.54, 1.807) is 6.11 Å². The van der Waals surface area contributed by atoms with Crippen molar-refractivity contribution in [1.29, 1.82) is 0 Å². The molecule has 0 saturated heterocycles. The van der Waals surface area contributed by atoms with Crippen LogP contribution in [0.15, 0.2) is 0 Å². The van der Waals surface area contributed by atoms with E-state index in [1.165, 1.54) is 27.7 Å². The molecule has 1 radical (unpaired) electrons. The molecule has 7 heteroatoms. The maximum absolute atomic E-state index is 9.48. The molecule has 0 heterocycles. The van der Waals surface area contributed by atoms with Gasteiger partial charge in [0.25, 0.3) is 0 Å². The number of carbonyl (C=O) groups is 3. The molecule has 0 aliphatic rings. The van der Waals surface area contributed by atoms with Gasteiger partial charge in [0.1, 0.15) is 23.6 Å². The molecule has 6 nitrogen and oxygen atoms in total. The van der Waals surface area contributed by atoms with Crippen LogP contribution in [-0.4, -0.2) is 29.4 Å². The Morgan fingerprint density at radius 2 is 1.58 bits per heavy atom. The fraction of sp³-hybridized carbons (Fsp3) is 0.417. The average molecular weight is 307 g/mol. The number of carbonyl (C=O) groups excluding carboxylic acids is 3. The molecule has 0 unspecified atom stereocenters. The van der Waals surface area contributed by atoms with E-state index in [9.17, 15) is 9.59 Å². The molecule has 1 N–H and O–H groups in total. The summed E-state index contributed by atoms with van der Waals surface area (Å²) in [6, 6.07) is 0. The second kappa shape index (κ2) is 18.6. The van der Waals surface area contributed by atoms with Gasteiger partial charge < -0.3 is 19.4 Å². The molecule has 0 aromatic carbocycles. The summed E-state index contributed by atoms with van der Waals surface area (Å²) in [5.74, 6) is 2.44. The van der Waals surface area contributed by atoms with Crippen LogP contribution in [0.1, 0.15) is 27.7 Å². The molecule has 0 atom stereocenters. The van der Waals surface area contributed by atoms with Crippen LogP contribution in [0.25, 0.3) is 0 Å². The van der Waals surface area contributed by atoms with E-state index in [-0.39, 0.29) is 37.3 Å². The molecule has 0 aromatic heterocycles. The summed E-state index contributed by atoms with van der Waals surface area (Å²) in [6.07, 6.45) is 8.09. The molecule has 0 amide bonds. The number of ketones is 1. The predicted molar refractivity (Wildman–Crippen MR) is 63.6 cm³/mol. The smallest absolute Gasteiger partial charge is 0.307 e. The number of hydrogen-bond donors (Lipinski definition) is 1. The van der Waals surface area contributed by atoms with Crippen molar-refractivity contribution in [3.05, 3.63) is 0 Å². The molecule has 0 aromatic rings. The fourth-order valence-electron chi connectivity index (χ4n) is 0.206. The SMILES string of the molecule is C#COC=O.CC(C)(O)C#COC=O.CC(C)=O.[V]. The van der Waals surface area contributed by atoms with E-state index in [0.29, 0.717) is 0 Å². The zero-order valence-electron chi connectivity index (χ0n) is 11.2. The molecule has 0 aliphatic carbocycles. The summed E-state index contributed by atoms with van der Waals surface area (Å²) in [5, 5.41) is 8.87. The van der Waals surface area contributed by atoms with Gasteiger partial charge in [-0.1, -0.05) is 6.42 Å². The number of terminal acetylenes is 1.